The van der Waals surface area contributed by atoms with Crippen molar-refractivity contribution < 1.29 is 0 Å². The van der Waals surface area contributed by atoms with E-state index in [0.717, 1.165) is 16.1 Å². The Morgan fingerprint density at radius 3 is 2.29 bits per heavy atom. The summed E-state index contributed by atoms with van der Waals surface area (Å²) < 4.78 is 0. The minimum atomic E-state index is -2.70. The molecule has 5 heteroatoms. The third-order valence-electron chi connectivity index (χ3n) is 2.27. The van der Waals surface area contributed by atoms with Gasteiger partial charge in [0.15, 0.2) is 0 Å². The lowest BCUT2D eigenvalue weighted by atomic mass is 10.1. The molecule has 1 atom stereocenters. The molecule has 14 heavy (non-hydrogen) atoms. The van der Waals surface area contributed by atoms with Crippen LogP contribution in [0, 0.1) is 6.92 Å². The first kappa shape index (κ1) is 12.7. The summed E-state index contributed by atoms with van der Waals surface area (Å²) in [5, 5.41) is 0.720. The highest BCUT2D eigenvalue weighted by Crippen LogP contribution is 2.38. The molecule has 0 saturated carbocycles. The first-order chi connectivity index (χ1) is 6.34. The molecule has 0 aliphatic heterocycles. The highest BCUT2D eigenvalue weighted by molar-refractivity contribution is 7.65. The first-order valence-electron chi connectivity index (χ1n) is 4.15. The molecule has 0 bridgehead atoms. The van der Waals surface area contributed by atoms with Gasteiger partial charge in [-0.3, -0.25) is 0 Å². The summed E-state index contributed by atoms with van der Waals surface area (Å²) in [6, 6.07) is 2.98. The van der Waals surface area contributed by atoms with Crippen molar-refractivity contribution in [1.29, 1.82) is 0 Å². The van der Waals surface area contributed by atoms with Gasteiger partial charge < -0.3 is 0 Å². The van der Waals surface area contributed by atoms with Crippen LogP contribution >= 0.6 is 44.8 Å². The molecule has 0 heterocycles. The number of benzene rings is 1. The smallest absolute Gasteiger partial charge is 0.125 e. The van der Waals surface area contributed by atoms with Crippen LogP contribution in [0.1, 0.15) is 23.6 Å². The summed E-state index contributed by atoms with van der Waals surface area (Å²) in [6.45, 7) is 3.87. The van der Waals surface area contributed by atoms with Crippen LogP contribution in [0.2, 0.25) is 5.02 Å². The monoisotopic (exact) mass is 286 g/mol. The van der Waals surface area contributed by atoms with Crippen LogP contribution in [-0.4, -0.2) is 6.00 Å². The fraction of sp³-hybridized carbons (Fsp3) is 0.333. The molecule has 1 aromatic carbocycles. The zero-order valence-electron chi connectivity index (χ0n) is 7.82. The van der Waals surface area contributed by atoms with Gasteiger partial charge in [-0.05, 0) is 24.1 Å². The van der Waals surface area contributed by atoms with Gasteiger partial charge in [0.1, 0.15) is 0 Å². The molecule has 0 N–H and O–H groups in total. The SMILES string of the molecule is Cc1c(Cl)cccc1C(C)[Si](Cl)(Cl)Cl. The fourth-order valence-corrected chi connectivity index (χ4v) is 3.17. The van der Waals surface area contributed by atoms with Gasteiger partial charge >= 0.3 is 6.00 Å². The van der Waals surface area contributed by atoms with Crippen LogP contribution in [0.25, 0.3) is 0 Å². The van der Waals surface area contributed by atoms with Gasteiger partial charge in [0.05, 0.1) is 0 Å². The molecular formula is C9H10Cl4Si. The van der Waals surface area contributed by atoms with Crippen molar-refractivity contribution >= 4 is 50.8 Å². The highest BCUT2D eigenvalue weighted by atomic mass is 35.8. The lowest BCUT2D eigenvalue weighted by molar-refractivity contribution is 1.04. The Labute approximate surface area is 104 Å². The molecule has 0 aliphatic carbocycles. The number of hydrogen-bond donors (Lipinski definition) is 0. The second-order valence-corrected chi connectivity index (χ2v) is 12.7. The Morgan fingerprint density at radius 2 is 1.79 bits per heavy atom. The van der Waals surface area contributed by atoms with Gasteiger partial charge in [-0.15, -0.1) is 33.2 Å². The Balaban J connectivity index is 3.14. The normalized spacial score (nSPS) is 14.1. The van der Waals surface area contributed by atoms with E-state index in [1.54, 1.807) is 0 Å². The molecular weight excluding hydrogens is 278 g/mol. The first-order valence-corrected chi connectivity index (χ1v) is 9.65. The molecule has 1 rings (SSSR count). The molecule has 78 valence electrons. The van der Waals surface area contributed by atoms with Crippen molar-refractivity contribution in [3.8, 4) is 0 Å². The van der Waals surface area contributed by atoms with E-state index in [9.17, 15) is 0 Å². The summed E-state index contributed by atoms with van der Waals surface area (Å²) in [5.41, 5.74) is 2.00. The molecule has 0 fully saturated rings. The average molecular weight is 288 g/mol. The quantitative estimate of drug-likeness (QED) is 0.533. The molecule has 0 nitrogen and oxygen atoms in total. The number of halogens is 4. The highest BCUT2D eigenvalue weighted by Gasteiger charge is 2.35. The van der Waals surface area contributed by atoms with Crippen molar-refractivity contribution in [3.63, 3.8) is 0 Å². The summed E-state index contributed by atoms with van der Waals surface area (Å²) in [4.78, 5) is 0. The van der Waals surface area contributed by atoms with Crippen molar-refractivity contribution in [2.75, 3.05) is 0 Å². The molecule has 0 radical (unpaired) electrons. The van der Waals surface area contributed by atoms with E-state index in [0.29, 0.717) is 0 Å². The van der Waals surface area contributed by atoms with Gasteiger partial charge in [-0.25, -0.2) is 0 Å². The van der Waals surface area contributed by atoms with Crippen molar-refractivity contribution in [2.24, 2.45) is 0 Å². The van der Waals surface area contributed by atoms with E-state index >= 15 is 0 Å². The molecule has 1 aromatic rings. The van der Waals surface area contributed by atoms with E-state index in [-0.39, 0.29) is 5.54 Å². The topological polar surface area (TPSA) is 0 Å². The lowest BCUT2D eigenvalue weighted by Crippen LogP contribution is -2.21. The molecule has 0 spiro atoms. The molecule has 0 amide bonds. The lowest BCUT2D eigenvalue weighted by Gasteiger charge is -2.20. The minimum Gasteiger partial charge on any atom is -0.125 e. The van der Waals surface area contributed by atoms with E-state index in [4.69, 9.17) is 44.8 Å². The fourth-order valence-electron chi connectivity index (χ4n) is 1.27. The van der Waals surface area contributed by atoms with E-state index in [1.807, 2.05) is 32.0 Å². The molecule has 0 aliphatic rings. The van der Waals surface area contributed by atoms with Crippen molar-refractivity contribution in [3.05, 3.63) is 34.3 Å². The number of hydrogen-bond acceptors (Lipinski definition) is 0. The summed E-state index contributed by atoms with van der Waals surface area (Å²) in [6.07, 6.45) is 0. The van der Waals surface area contributed by atoms with Crippen LogP contribution in [0.15, 0.2) is 18.2 Å². The Hall–Kier alpha value is 0.597. The Morgan fingerprint density at radius 1 is 1.21 bits per heavy atom. The molecule has 0 saturated heterocycles. The zero-order valence-corrected chi connectivity index (χ0v) is 11.8. The zero-order chi connectivity index (χ0) is 10.9. The van der Waals surface area contributed by atoms with E-state index < -0.39 is 6.00 Å². The maximum absolute atomic E-state index is 5.99. The van der Waals surface area contributed by atoms with Gasteiger partial charge in [-0.2, -0.15) is 0 Å². The predicted octanol–water partition coefficient (Wildman–Crippen LogP) is 4.95. The second kappa shape index (κ2) is 4.63. The van der Waals surface area contributed by atoms with Crippen molar-refractivity contribution in [2.45, 2.75) is 19.4 Å². The third-order valence-corrected chi connectivity index (χ3v) is 6.92. The van der Waals surface area contributed by atoms with Gasteiger partial charge in [0.2, 0.25) is 0 Å². The molecule has 0 aromatic heterocycles. The van der Waals surface area contributed by atoms with E-state index in [2.05, 4.69) is 0 Å². The Bertz CT molecular complexity index is 332. The minimum absolute atomic E-state index is 0.0359. The maximum Gasteiger partial charge on any atom is 0.348 e. The summed E-state index contributed by atoms with van der Waals surface area (Å²) >= 11 is 23.9. The van der Waals surface area contributed by atoms with Crippen LogP contribution in [0.5, 0.6) is 0 Å². The van der Waals surface area contributed by atoms with Gasteiger partial charge in [0, 0.05) is 10.6 Å². The summed E-state index contributed by atoms with van der Waals surface area (Å²) in [7, 11) is 0. The van der Waals surface area contributed by atoms with Crippen LogP contribution in [0.4, 0.5) is 0 Å². The van der Waals surface area contributed by atoms with Crippen LogP contribution in [0.3, 0.4) is 0 Å². The number of rotatable bonds is 2. The predicted molar refractivity (Wildman–Crippen MR) is 67.9 cm³/mol. The van der Waals surface area contributed by atoms with Crippen LogP contribution in [-0.2, 0) is 0 Å². The molecule has 1 unspecified atom stereocenters. The van der Waals surface area contributed by atoms with Gasteiger partial charge in [-0.1, -0.05) is 30.7 Å². The maximum atomic E-state index is 5.99. The third kappa shape index (κ3) is 2.80. The van der Waals surface area contributed by atoms with Gasteiger partial charge in [0.25, 0.3) is 0 Å². The second-order valence-electron chi connectivity index (χ2n) is 3.22. The van der Waals surface area contributed by atoms with E-state index in [1.165, 1.54) is 0 Å². The van der Waals surface area contributed by atoms with Crippen LogP contribution < -0.4 is 0 Å². The average Bonchev–Trinajstić information content (AvgIpc) is 2.07. The Kier molecular flexibility index (Phi) is 4.18. The summed E-state index contributed by atoms with van der Waals surface area (Å²) in [5.74, 6) is 0. The largest absolute Gasteiger partial charge is 0.348 e. The standard InChI is InChI=1S/C9H10Cl4Si/c1-6-8(4-3-5-9(6)10)7(2)14(11,12)13/h3-5,7H,1-2H3. The van der Waals surface area contributed by atoms with Crippen molar-refractivity contribution in [1.82, 2.24) is 0 Å².